The van der Waals surface area contributed by atoms with E-state index in [-0.39, 0.29) is 23.2 Å². The van der Waals surface area contributed by atoms with Crippen molar-refractivity contribution in [3.63, 3.8) is 0 Å². The molecule has 0 N–H and O–H groups in total. The van der Waals surface area contributed by atoms with E-state index in [4.69, 9.17) is 0 Å². The second-order valence-corrected chi connectivity index (χ2v) is 7.11. The van der Waals surface area contributed by atoms with Crippen molar-refractivity contribution in [2.75, 3.05) is 13.1 Å². The Morgan fingerprint density at radius 2 is 2.14 bits per heavy atom. The molecule has 0 spiro atoms. The van der Waals surface area contributed by atoms with E-state index in [1.165, 1.54) is 18.9 Å². The number of hydrogen-bond acceptors (Lipinski definition) is 2. The molecule has 3 nitrogen and oxygen atoms in total. The SMILES string of the molecule is C[C@]1(CC2CC2)CN2CC[C@@H](c3cccc(F)c3)N2C1=O. The minimum absolute atomic E-state index is 0.00854. The molecule has 0 bridgehead atoms. The van der Waals surface area contributed by atoms with E-state index in [9.17, 15) is 9.18 Å². The monoisotopic (exact) mass is 288 g/mol. The van der Waals surface area contributed by atoms with Crippen molar-refractivity contribution in [3.05, 3.63) is 35.6 Å². The van der Waals surface area contributed by atoms with Gasteiger partial charge in [-0.2, -0.15) is 0 Å². The lowest BCUT2D eigenvalue weighted by Gasteiger charge is -2.27. The van der Waals surface area contributed by atoms with Gasteiger partial charge in [-0.1, -0.05) is 25.0 Å². The molecule has 2 heterocycles. The van der Waals surface area contributed by atoms with Crippen LogP contribution in [0.2, 0.25) is 0 Å². The summed E-state index contributed by atoms with van der Waals surface area (Å²) < 4.78 is 13.5. The van der Waals surface area contributed by atoms with E-state index in [0.29, 0.717) is 0 Å². The number of fused-ring (bicyclic) bond motifs is 1. The van der Waals surface area contributed by atoms with Crippen LogP contribution in [0.25, 0.3) is 0 Å². The van der Waals surface area contributed by atoms with Crippen LogP contribution in [0, 0.1) is 17.2 Å². The zero-order valence-electron chi connectivity index (χ0n) is 12.4. The van der Waals surface area contributed by atoms with Gasteiger partial charge in [-0.3, -0.25) is 9.80 Å². The van der Waals surface area contributed by atoms with Crippen molar-refractivity contribution in [2.45, 2.75) is 38.6 Å². The molecule has 2 saturated heterocycles. The summed E-state index contributed by atoms with van der Waals surface area (Å²) in [5.74, 6) is 0.757. The zero-order valence-corrected chi connectivity index (χ0v) is 12.4. The standard InChI is InChI=1S/C17H21FN2O/c1-17(10-12-5-6-12)11-19-8-7-15(20(19)16(17)21)13-3-2-4-14(18)9-13/h2-4,9,12,15H,5-8,10-11H2,1H3/t15-,17-/m0/s1. The summed E-state index contributed by atoms with van der Waals surface area (Å²) in [6.07, 6.45) is 4.45. The van der Waals surface area contributed by atoms with Crippen molar-refractivity contribution < 1.29 is 9.18 Å². The predicted octanol–water partition coefficient (Wildman–Crippen LogP) is 3.14. The highest BCUT2D eigenvalue weighted by Crippen LogP contribution is 2.48. The van der Waals surface area contributed by atoms with Crippen LogP contribution in [0.15, 0.2) is 24.3 Å². The minimum atomic E-state index is -0.243. The van der Waals surface area contributed by atoms with E-state index < -0.39 is 0 Å². The summed E-state index contributed by atoms with van der Waals surface area (Å²) in [5, 5.41) is 4.09. The maximum atomic E-state index is 13.5. The average Bonchev–Trinajstić information content (AvgIpc) is 3.09. The van der Waals surface area contributed by atoms with Gasteiger partial charge in [-0.05, 0) is 43.4 Å². The highest BCUT2D eigenvalue weighted by atomic mass is 19.1. The Kier molecular flexibility index (Phi) is 2.86. The minimum Gasteiger partial charge on any atom is -0.273 e. The van der Waals surface area contributed by atoms with E-state index in [1.54, 1.807) is 12.1 Å². The Morgan fingerprint density at radius 3 is 2.86 bits per heavy atom. The number of hydrogen-bond donors (Lipinski definition) is 0. The molecular formula is C17H21FN2O. The topological polar surface area (TPSA) is 23.6 Å². The summed E-state index contributed by atoms with van der Waals surface area (Å²) in [5.41, 5.74) is 0.675. The van der Waals surface area contributed by atoms with Crippen molar-refractivity contribution in [1.82, 2.24) is 10.0 Å². The predicted molar refractivity (Wildman–Crippen MR) is 77.6 cm³/mol. The average molecular weight is 288 g/mol. The van der Waals surface area contributed by atoms with Gasteiger partial charge in [0, 0.05) is 13.1 Å². The van der Waals surface area contributed by atoms with Gasteiger partial charge in [-0.15, -0.1) is 0 Å². The van der Waals surface area contributed by atoms with Crippen LogP contribution in [0.5, 0.6) is 0 Å². The molecule has 2 atom stereocenters. The smallest absolute Gasteiger partial charge is 0.244 e. The van der Waals surface area contributed by atoms with Crippen molar-refractivity contribution in [1.29, 1.82) is 0 Å². The van der Waals surface area contributed by atoms with E-state index in [0.717, 1.165) is 37.4 Å². The summed E-state index contributed by atoms with van der Waals surface area (Å²) in [6.45, 7) is 3.83. The van der Waals surface area contributed by atoms with E-state index in [2.05, 4.69) is 11.9 Å². The summed E-state index contributed by atoms with van der Waals surface area (Å²) in [7, 11) is 0. The highest BCUT2D eigenvalue weighted by molar-refractivity contribution is 5.85. The Hall–Kier alpha value is -1.42. The van der Waals surface area contributed by atoms with Gasteiger partial charge in [0.2, 0.25) is 5.91 Å². The van der Waals surface area contributed by atoms with Crippen molar-refractivity contribution in [2.24, 2.45) is 11.3 Å². The van der Waals surface area contributed by atoms with Gasteiger partial charge in [0.05, 0.1) is 11.5 Å². The molecule has 2 aliphatic heterocycles. The van der Waals surface area contributed by atoms with Crippen LogP contribution in [0.1, 0.15) is 44.2 Å². The second-order valence-electron chi connectivity index (χ2n) is 7.11. The fraction of sp³-hybridized carbons (Fsp3) is 0.588. The molecule has 1 aromatic rings. The molecule has 0 radical (unpaired) electrons. The molecule has 3 aliphatic rings. The largest absolute Gasteiger partial charge is 0.273 e. The molecule has 21 heavy (non-hydrogen) atoms. The fourth-order valence-electron chi connectivity index (χ4n) is 4.00. The molecule has 3 fully saturated rings. The Labute approximate surface area is 124 Å². The van der Waals surface area contributed by atoms with Gasteiger partial charge in [0.1, 0.15) is 5.82 Å². The van der Waals surface area contributed by atoms with Crippen molar-refractivity contribution >= 4 is 5.91 Å². The molecule has 0 unspecified atom stereocenters. The first kappa shape index (κ1) is 13.3. The number of halogens is 1. The third kappa shape index (κ3) is 2.16. The van der Waals surface area contributed by atoms with E-state index >= 15 is 0 Å². The summed E-state index contributed by atoms with van der Waals surface area (Å²) in [6, 6.07) is 6.70. The molecule has 1 aromatic carbocycles. The molecular weight excluding hydrogens is 267 g/mol. The second kappa shape index (κ2) is 4.54. The fourth-order valence-corrected chi connectivity index (χ4v) is 4.00. The number of benzene rings is 1. The van der Waals surface area contributed by atoms with Gasteiger partial charge >= 0.3 is 0 Å². The number of amides is 1. The lowest BCUT2D eigenvalue weighted by molar-refractivity contribution is -0.143. The number of nitrogens with zero attached hydrogens (tertiary/aromatic N) is 2. The number of carbonyl (C=O) groups excluding carboxylic acids is 1. The molecule has 112 valence electrons. The first-order chi connectivity index (χ1) is 10.1. The van der Waals surface area contributed by atoms with Crippen LogP contribution in [0.4, 0.5) is 4.39 Å². The van der Waals surface area contributed by atoms with Crippen molar-refractivity contribution in [3.8, 4) is 0 Å². The van der Waals surface area contributed by atoms with Gasteiger partial charge < -0.3 is 0 Å². The Balaban J connectivity index is 1.61. The van der Waals surface area contributed by atoms with Gasteiger partial charge in [-0.25, -0.2) is 9.40 Å². The van der Waals surface area contributed by atoms with Crippen LogP contribution < -0.4 is 0 Å². The first-order valence-electron chi connectivity index (χ1n) is 7.91. The molecule has 1 amide bonds. The highest BCUT2D eigenvalue weighted by Gasteiger charge is 2.54. The number of rotatable bonds is 3. The van der Waals surface area contributed by atoms with Crippen LogP contribution in [-0.2, 0) is 4.79 Å². The van der Waals surface area contributed by atoms with Crippen LogP contribution in [-0.4, -0.2) is 29.0 Å². The van der Waals surface area contributed by atoms with E-state index in [1.807, 2.05) is 11.1 Å². The first-order valence-corrected chi connectivity index (χ1v) is 7.91. The third-order valence-corrected chi connectivity index (χ3v) is 5.19. The Bertz CT molecular complexity index is 586. The Morgan fingerprint density at radius 1 is 1.33 bits per heavy atom. The van der Waals surface area contributed by atoms with Crippen LogP contribution in [0.3, 0.4) is 0 Å². The molecule has 4 heteroatoms. The molecule has 4 rings (SSSR count). The maximum absolute atomic E-state index is 13.5. The third-order valence-electron chi connectivity index (χ3n) is 5.19. The summed E-state index contributed by atoms with van der Waals surface area (Å²) in [4.78, 5) is 12.9. The van der Waals surface area contributed by atoms with Gasteiger partial charge in [0.15, 0.2) is 0 Å². The molecule has 0 aromatic heterocycles. The molecule has 1 aliphatic carbocycles. The van der Waals surface area contributed by atoms with Crippen LogP contribution >= 0.6 is 0 Å². The number of hydrazine groups is 1. The quantitative estimate of drug-likeness (QED) is 0.853. The lowest BCUT2D eigenvalue weighted by atomic mass is 9.84. The number of carbonyl (C=O) groups is 1. The lowest BCUT2D eigenvalue weighted by Crippen LogP contribution is -2.36. The summed E-state index contributed by atoms with van der Waals surface area (Å²) >= 11 is 0. The zero-order chi connectivity index (χ0) is 14.6. The van der Waals surface area contributed by atoms with Gasteiger partial charge in [0.25, 0.3) is 0 Å². The normalized spacial score (nSPS) is 32.8. The molecule has 1 saturated carbocycles. The maximum Gasteiger partial charge on any atom is 0.244 e.